The van der Waals surface area contributed by atoms with E-state index < -0.39 is 25.0 Å². The molecule has 0 unspecified atom stereocenters. The van der Waals surface area contributed by atoms with Gasteiger partial charge in [0.15, 0.2) is 0 Å². The molecule has 2 N–H and O–H groups in total. The Morgan fingerprint density at radius 3 is 2.62 bits per heavy atom. The summed E-state index contributed by atoms with van der Waals surface area (Å²) in [7, 11) is 0. The summed E-state index contributed by atoms with van der Waals surface area (Å²) in [6.07, 6.45) is -3.79. The Labute approximate surface area is 169 Å². The molecule has 158 valence electrons. The summed E-state index contributed by atoms with van der Waals surface area (Å²) < 4.78 is 59.9. The molecule has 0 spiro atoms. The van der Waals surface area contributed by atoms with Crippen LogP contribution in [0, 0.1) is 0 Å². The van der Waals surface area contributed by atoms with Gasteiger partial charge < -0.3 is 20.1 Å². The van der Waals surface area contributed by atoms with Crippen molar-refractivity contribution in [3.8, 4) is 5.75 Å². The average molecular weight is 435 g/mol. The van der Waals surface area contributed by atoms with Gasteiger partial charge in [-0.05, 0) is 35.9 Å². The molecule has 2 rings (SSSR count). The molecule has 0 fully saturated rings. The summed E-state index contributed by atoms with van der Waals surface area (Å²) in [5.74, 6) is -3.63. The highest BCUT2D eigenvalue weighted by Crippen LogP contribution is 2.23. The van der Waals surface area contributed by atoms with E-state index in [1.54, 1.807) is 42.5 Å². The molecule has 5 nitrogen and oxygen atoms in total. The maximum absolute atomic E-state index is 12.8. The van der Waals surface area contributed by atoms with Gasteiger partial charge in [-0.3, -0.25) is 0 Å². The number of nitrogens with one attached hydrogen (secondary N) is 2. The van der Waals surface area contributed by atoms with Crippen molar-refractivity contribution in [3.63, 3.8) is 0 Å². The number of anilines is 1. The Bertz CT molecular complexity index is 809. The van der Waals surface area contributed by atoms with Crippen LogP contribution in [0.3, 0.4) is 0 Å². The first kappa shape index (κ1) is 22.8. The number of alkyl halides is 4. The molecule has 0 radical (unpaired) electrons. The zero-order chi connectivity index (χ0) is 21.3. The first-order valence-electron chi connectivity index (χ1n) is 8.52. The van der Waals surface area contributed by atoms with E-state index in [0.717, 1.165) is 0 Å². The van der Waals surface area contributed by atoms with Gasteiger partial charge in [-0.25, -0.2) is 13.6 Å². The molecule has 0 aliphatic rings. The number of hydrogen-bond donors (Lipinski definition) is 2. The first-order valence-corrected chi connectivity index (χ1v) is 8.90. The van der Waals surface area contributed by atoms with Crippen molar-refractivity contribution >= 4 is 23.3 Å². The normalized spacial score (nSPS) is 11.4. The van der Waals surface area contributed by atoms with Crippen LogP contribution in [-0.4, -0.2) is 38.1 Å². The van der Waals surface area contributed by atoms with Gasteiger partial charge in [-0.2, -0.15) is 8.78 Å². The maximum Gasteiger partial charge on any atom is 0.330 e. The smallest absolute Gasteiger partial charge is 0.330 e. The summed E-state index contributed by atoms with van der Waals surface area (Å²) in [6, 6.07) is 12.5. The van der Waals surface area contributed by atoms with Gasteiger partial charge in [-0.15, -0.1) is 0 Å². The second kappa shape index (κ2) is 10.9. The second-order valence-electron chi connectivity index (χ2n) is 5.94. The van der Waals surface area contributed by atoms with Crippen molar-refractivity contribution in [2.24, 2.45) is 0 Å². The fourth-order valence-corrected chi connectivity index (χ4v) is 2.35. The highest BCUT2D eigenvalue weighted by molar-refractivity contribution is 6.30. The van der Waals surface area contributed by atoms with Gasteiger partial charge in [0.2, 0.25) is 0 Å². The maximum atomic E-state index is 12.8. The molecular weight excluding hydrogens is 416 g/mol. The molecular formula is C19H19ClF4N2O3. The van der Waals surface area contributed by atoms with Gasteiger partial charge in [0.25, 0.3) is 0 Å². The largest absolute Gasteiger partial charge is 0.492 e. The number of rotatable bonds is 10. The summed E-state index contributed by atoms with van der Waals surface area (Å²) in [4.78, 5) is 11.9. The van der Waals surface area contributed by atoms with E-state index in [-0.39, 0.29) is 19.8 Å². The first-order chi connectivity index (χ1) is 13.8. The third-order valence-corrected chi connectivity index (χ3v) is 3.75. The molecule has 10 heteroatoms. The van der Waals surface area contributed by atoms with Crippen LogP contribution in [0.2, 0.25) is 5.02 Å². The Balaban J connectivity index is 1.72. The molecule has 0 atom stereocenters. The molecule has 2 amide bonds. The van der Waals surface area contributed by atoms with E-state index in [1.165, 1.54) is 6.07 Å². The fourth-order valence-electron chi connectivity index (χ4n) is 2.17. The SMILES string of the molecule is O=C(NCCOc1cccc(Cl)c1)Nc1cccc(COCC(F)(F)C(F)F)c1. The molecule has 0 saturated carbocycles. The van der Waals surface area contributed by atoms with E-state index in [0.29, 0.717) is 22.0 Å². The van der Waals surface area contributed by atoms with Crippen molar-refractivity contribution in [2.75, 3.05) is 25.1 Å². The number of benzene rings is 2. The Hall–Kier alpha value is -2.52. The van der Waals surface area contributed by atoms with E-state index in [4.69, 9.17) is 16.3 Å². The van der Waals surface area contributed by atoms with Crippen molar-refractivity contribution < 1.29 is 31.8 Å². The van der Waals surface area contributed by atoms with Crippen LogP contribution in [0.25, 0.3) is 0 Å². The zero-order valence-corrected chi connectivity index (χ0v) is 15.9. The standard InChI is InChI=1S/C19H19ClF4N2O3/c20-14-4-2-6-16(10-14)29-8-7-25-18(27)26-15-5-1-3-13(9-15)11-28-12-19(23,24)17(21)22/h1-6,9-10,17H,7-8,11-12H2,(H2,25,26,27). The summed E-state index contributed by atoms with van der Waals surface area (Å²) in [5.41, 5.74) is 0.831. The van der Waals surface area contributed by atoms with Crippen molar-refractivity contribution in [2.45, 2.75) is 19.0 Å². The summed E-state index contributed by atoms with van der Waals surface area (Å²) in [5, 5.41) is 5.69. The van der Waals surface area contributed by atoms with Gasteiger partial charge in [0.1, 0.15) is 19.0 Å². The molecule has 0 saturated heterocycles. The number of halogens is 5. The molecule has 0 bridgehead atoms. The third kappa shape index (κ3) is 8.16. The van der Waals surface area contributed by atoms with Crippen molar-refractivity contribution in [3.05, 3.63) is 59.1 Å². The van der Waals surface area contributed by atoms with E-state index >= 15 is 0 Å². The van der Waals surface area contributed by atoms with Crippen LogP contribution in [0.5, 0.6) is 5.75 Å². The number of carbonyl (C=O) groups is 1. The van der Waals surface area contributed by atoms with E-state index in [1.807, 2.05) is 0 Å². The molecule has 2 aromatic carbocycles. The minimum absolute atomic E-state index is 0.222. The van der Waals surface area contributed by atoms with E-state index in [2.05, 4.69) is 15.4 Å². The quantitative estimate of drug-likeness (QED) is 0.410. The Morgan fingerprint density at radius 2 is 1.90 bits per heavy atom. The predicted molar refractivity (Wildman–Crippen MR) is 101 cm³/mol. The number of ether oxygens (including phenoxy) is 2. The lowest BCUT2D eigenvalue weighted by atomic mass is 10.2. The number of amides is 2. The van der Waals surface area contributed by atoms with Gasteiger partial charge in [0.05, 0.1) is 13.2 Å². The van der Waals surface area contributed by atoms with Crippen molar-refractivity contribution in [1.82, 2.24) is 5.32 Å². The Kier molecular flexibility index (Phi) is 8.53. The number of carbonyl (C=O) groups excluding carboxylic acids is 1. The highest BCUT2D eigenvalue weighted by atomic mass is 35.5. The summed E-state index contributed by atoms with van der Waals surface area (Å²) >= 11 is 5.84. The topological polar surface area (TPSA) is 59.6 Å². The lowest BCUT2D eigenvalue weighted by Crippen LogP contribution is -2.32. The van der Waals surface area contributed by atoms with Gasteiger partial charge in [0, 0.05) is 10.7 Å². The minimum Gasteiger partial charge on any atom is -0.492 e. The summed E-state index contributed by atoms with van der Waals surface area (Å²) in [6.45, 7) is -1.24. The second-order valence-corrected chi connectivity index (χ2v) is 6.38. The zero-order valence-electron chi connectivity index (χ0n) is 15.1. The predicted octanol–water partition coefficient (Wildman–Crippen LogP) is 4.96. The number of urea groups is 1. The van der Waals surface area contributed by atoms with E-state index in [9.17, 15) is 22.4 Å². The average Bonchev–Trinajstić information content (AvgIpc) is 2.65. The van der Waals surface area contributed by atoms with Gasteiger partial charge in [-0.1, -0.05) is 29.8 Å². The van der Waals surface area contributed by atoms with Crippen molar-refractivity contribution in [1.29, 1.82) is 0 Å². The Morgan fingerprint density at radius 1 is 1.14 bits per heavy atom. The molecule has 0 aromatic heterocycles. The minimum atomic E-state index is -4.21. The number of hydrogen-bond acceptors (Lipinski definition) is 3. The van der Waals surface area contributed by atoms with Crippen LogP contribution < -0.4 is 15.4 Å². The lowest BCUT2D eigenvalue weighted by Gasteiger charge is -2.15. The van der Waals surface area contributed by atoms with Crippen LogP contribution in [0.4, 0.5) is 28.0 Å². The van der Waals surface area contributed by atoms with Gasteiger partial charge >= 0.3 is 18.4 Å². The van der Waals surface area contributed by atoms with Crippen LogP contribution >= 0.6 is 11.6 Å². The lowest BCUT2D eigenvalue weighted by molar-refractivity contribution is -0.168. The molecule has 2 aromatic rings. The molecule has 0 heterocycles. The van der Waals surface area contributed by atoms with Crippen LogP contribution in [-0.2, 0) is 11.3 Å². The highest BCUT2D eigenvalue weighted by Gasteiger charge is 2.40. The van der Waals surface area contributed by atoms with Crippen LogP contribution in [0.15, 0.2) is 48.5 Å². The van der Waals surface area contributed by atoms with Crippen LogP contribution in [0.1, 0.15) is 5.56 Å². The third-order valence-electron chi connectivity index (χ3n) is 3.52. The monoisotopic (exact) mass is 434 g/mol. The fraction of sp³-hybridized carbons (Fsp3) is 0.316. The molecule has 0 aliphatic heterocycles. The molecule has 29 heavy (non-hydrogen) atoms. The molecule has 0 aliphatic carbocycles.